The highest BCUT2D eigenvalue weighted by atomic mass is 16.4. The third kappa shape index (κ3) is 2.19. The number of aliphatic carboxylic acids is 1. The van der Waals surface area contributed by atoms with E-state index in [0.717, 1.165) is 12.8 Å². The van der Waals surface area contributed by atoms with Crippen molar-refractivity contribution >= 4 is 11.9 Å². The lowest BCUT2D eigenvalue weighted by Gasteiger charge is -2.43. The second kappa shape index (κ2) is 4.04. The van der Waals surface area contributed by atoms with Gasteiger partial charge in [-0.05, 0) is 24.3 Å². The van der Waals surface area contributed by atoms with Gasteiger partial charge in [0.25, 0.3) is 0 Å². The molecule has 1 rings (SSSR count). The molecule has 0 spiro atoms. The Bertz CT molecular complexity index is 296. The van der Waals surface area contributed by atoms with Crippen LogP contribution in [0.1, 0.15) is 26.7 Å². The Labute approximate surface area is 89.6 Å². The van der Waals surface area contributed by atoms with E-state index in [1.54, 1.807) is 0 Å². The highest BCUT2D eigenvalue weighted by Crippen LogP contribution is 2.35. The monoisotopic (exact) mass is 211 g/mol. The van der Waals surface area contributed by atoms with Crippen LogP contribution in [-0.4, -0.2) is 34.5 Å². The summed E-state index contributed by atoms with van der Waals surface area (Å²) in [6, 6.07) is -0.739. The number of nitrogens with zero attached hydrogens (tertiary/aromatic N) is 1. The molecule has 1 atom stereocenters. The number of piperidine rings is 1. The van der Waals surface area contributed by atoms with Gasteiger partial charge in [0.15, 0.2) is 0 Å². The minimum Gasteiger partial charge on any atom is -0.480 e. The van der Waals surface area contributed by atoms with E-state index in [-0.39, 0.29) is 11.3 Å². The molecule has 0 radical (unpaired) electrons. The van der Waals surface area contributed by atoms with Crippen molar-refractivity contribution in [2.75, 3.05) is 6.54 Å². The quantitative estimate of drug-likeness (QED) is 0.700. The van der Waals surface area contributed by atoms with E-state index in [1.165, 1.54) is 11.0 Å². The molecule has 1 aliphatic rings. The smallest absolute Gasteiger partial charge is 0.326 e. The Balaban J connectivity index is 2.99. The number of hydrogen-bond donors (Lipinski definition) is 1. The van der Waals surface area contributed by atoms with Crippen molar-refractivity contribution in [2.45, 2.75) is 32.7 Å². The number of amides is 1. The highest BCUT2D eigenvalue weighted by Gasteiger charge is 2.43. The molecular weight excluding hydrogens is 194 g/mol. The van der Waals surface area contributed by atoms with Crippen LogP contribution >= 0.6 is 0 Å². The van der Waals surface area contributed by atoms with Crippen LogP contribution in [0.3, 0.4) is 0 Å². The largest absolute Gasteiger partial charge is 0.480 e. The van der Waals surface area contributed by atoms with Crippen molar-refractivity contribution in [1.82, 2.24) is 4.90 Å². The van der Waals surface area contributed by atoms with Gasteiger partial charge in [-0.25, -0.2) is 4.79 Å². The molecule has 0 bridgehead atoms. The standard InChI is InChI=1S/C11H17NO3/c1-4-8(13)12-7-5-6-11(2,3)9(12)10(14)15/h4,9H,1,5-7H2,2-3H3,(H,14,15). The van der Waals surface area contributed by atoms with Gasteiger partial charge in [-0.1, -0.05) is 20.4 Å². The molecule has 1 aliphatic heterocycles. The van der Waals surface area contributed by atoms with Gasteiger partial charge in [-0.2, -0.15) is 0 Å². The molecule has 1 saturated heterocycles. The van der Waals surface area contributed by atoms with Crippen LogP contribution in [0.2, 0.25) is 0 Å². The molecule has 1 amide bonds. The third-order valence-electron chi connectivity index (χ3n) is 2.96. The van der Waals surface area contributed by atoms with Crippen LogP contribution in [0.5, 0.6) is 0 Å². The summed E-state index contributed by atoms with van der Waals surface area (Å²) in [4.78, 5) is 24.1. The first kappa shape index (κ1) is 11.8. The van der Waals surface area contributed by atoms with E-state index in [0.29, 0.717) is 6.54 Å². The molecule has 0 aromatic rings. The Morgan fingerprint density at radius 3 is 2.60 bits per heavy atom. The number of rotatable bonds is 2. The van der Waals surface area contributed by atoms with E-state index in [1.807, 2.05) is 13.8 Å². The zero-order valence-electron chi connectivity index (χ0n) is 9.19. The van der Waals surface area contributed by atoms with Gasteiger partial charge >= 0.3 is 5.97 Å². The molecule has 1 unspecified atom stereocenters. The summed E-state index contributed by atoms with van der Waals surface area (Å²) in [5, 5.41) is 9.16. The first-order chi connectivity index (χ1) is 6.90. The average Bonchev–Trinajstić information content (AvgIpc) is 2.14. The normalized spacial score (nSPS) is 24.7. The Kier molecular flexibility index (Phi) is 3.17. The molecule has 0 aromatic carbocycles. The molecule has 84 valence electrons. The lowest BCUT2D eigenvalue weighted by Crippen LogP contribution is -2.55. The second-order valence-corrected chi connectivity index (χ2v) is 4.57. The maximum Gasteiger partial charge on any atom is 0.326 e. The summed E-state index contributed by atoms with van der Waals surface area (Å²) in [7, 11) is 0. The molecule has 0 aliphatic carbocycles. The summed E-state index contributed by atoms with van der Waals surface area (Å²) in [6.07, 6.45) is 2.85. The summed E-state index contributed by atoms with van der Waals surface area (Å²) < 4.78 is 0. The number of likely N-dealkylation sites (tertiary alicyclic amines) is 1. The van der Waals surface area contributed by atoms with Gasteiger partial charge in [-0.3, -0.25) is 4.79 Å². The zero-order valence-corrected chi connectivity index (χ0v) is 9.19. The van der Waals surface area contributed by atoms with Crippen molar-refractivity contribution in [2.24, 2.45) is 5.41 Å². The molecule has 15 heavy (non-hydrogen) atoms. The topological polar surface area (TPSA) is 57.6 Å². The van der Waals surface area contributed by atoms with Gasteiger partial charge in [0.1, 0.15) is 6.04 Å². The van der Waals surface area contributed by atoms with Gasteiger partial charge in [0, 0.05) is 6.54 Å². The number of carboxylic acid groups (broad SMARTS) is 1. The molecule has 4 nitrogen and oxygen atoms in total. The lowest BCUT2D eigenvalue weighted by molar-refractivity contribution is -0.156. The van der Waals surface area contributed by atoms with Crippen LogP contribution < -0.4 is 0 Å². The van der Waals surface area contributed by atoms with Gasteiger partial charge in [0.05, 0.1) is 0 Å². The summed E-state index contributed by atoms with van der Waals surface area (Å²) in [5.41, 5.74) is -0.372. The molecule has 0 saturated carbocycles. The molecule has 1 fully saturated rings. The average molecular weight is 211 g/mol. The minimum atomic E-state index is -0.935. The van der Waals surface area contributed by atoms with Crippen molar-refractivity contribution in [3.05, 3.63) is 12.7 Å². The van der Waals surface area contributed by atoms with Crippen LogP contribution in [0, 0.1) is 5.41 Å². The molecule has 4 heteroatoms. The third-order valence-corrected chi connectivity index (χ3v) is 2.96. The predicted molar refractivity (Wildman–Crippen MR) is 56.3 cm³/mol. The van der Waals surface area contributed by atoms with Crippen LogP contribution in [0.25, 0.3) is 0 Å². The van der Waals surface area contributed by atoms with Crippen LogP contribution in [0.4, 0.5) is 0 Å². The molecular formula is C11H17NO3. The molecule has 1 heterocycles. The summed E-state index contributed by atoms with van der Waals surface area (Å²) >= 11 is 0. The van der Waals surface area contributed by atoms with E-state index in [4.69, 9.17) is 5.11 Å². The lowest BCUT2D eigenvalue weighted by atomic mass is 9.76. The predicted octanol–water partition coefficient (Wildman–Crippen LogP) is 1.27. The maximum atomic E-state index is 11.5. The number of carboxylic acids is 1. The fourth-order valence-corrected chi connectivity index (χ4v) is 2.21. The maximum absolute atomic E-state index is 11.5. The Hall–Kier alpha value is -1.32. The number of carbonyl (C=O) groups excluding carboxylic acids is 1. The first-order valence-corrected chi connectivity index (χ1v) is 5.06. The van der Waals surface area contributed by atoms with Crippen LogP contribution in [-0.2, 0) is 9.59 Å². The Morgan fingerprint density at radius 1 is 1.53 bits per heavy atom. The van der Waals surface area contributed by atoms with Crippen molar-refractivity contribution in [3.63, 3.8) is 0 Å². The SMILES string of the molecule is C=CC(=O)N1CCCC(C)(C)C1C(=O)O. The Morgan fingerprint density at radius 2 is 2.13 bits per heavy atom. The van der Waals surface area contributed by atoms with Gasteiger partial charge in [-0.15, -0.1) is 0 Å². The van der Waals surface area contributed by atoms with E-state index in [2.05, 4.69) is 6.58 Å². The van der Waals surface area contributed by atoms with Crippen molar-refractivity contribution < 1.29 is 14.7 Å². The fourth-order valence-electron chi connectivity index (χ4n) is 2.21. The van der Waals surface area contributed by atoms with Crippen molar-refractivity contribution in [3.8, 4) is 0 Å². The number of carbonyl (C=O) groups is 2. The van der Waals surface area contributed by atoms with Gasteiger partial charge in [0.2, 0.25) is 5.91 Å². The number of hydrogen-bond acceptors (Lipinski definition) is 2. The summed E-state index contributed by atoms with van der Waals surface area (Å²) in [6.45, 7) is 7.66. The van der Waals surface area contributed by atoms with E-state index >= 15 is 0 Å². The van der Waals surface area contributed by atoms with E-state index in [9.17, 15) is 9.59 Å². The fraction of sp³-hybridized carbons (Fsp3) is 0.636. The van der Waals surface area contributed by atoms with Crippen molar-refractivity contribution in [1.29, 1.82) is 0 Å². The van der Waals surface area contributed by atoms with Crippen LogP contribution in [0.15, 0.2) is 12.7 Å². The molecule has 0 aromatic heterocycles. The minimum absolute atomic E-state index is 0.296. The van der Waals surface area contributed by atoms with Gasteiger partial charge < -0.3 is 10.0 Å². The zero-order chi connectivity index (χ0) is 11.6. The second-order valence-electron chi connectivity index (χ2n) is 4.57. The highest BCUT2D eigenvalue weighted by molar-refractivity contribution is 5.91. The van der Waals surface area contributed by atoms with E-state index < -0.39 is 12.0 Å². The summed E-state index contributed by atoms with van der Waals surface area (Å²) in [5.74, 6) is -1.23. The molecule has 1 N–H and O–H groups in total. The first-order valence-electron chi connectivity index (χ1n) is 5.06.